The maximum absolute atomic E-state index is 13.0. The summed E-state index contributed by atoms with van der Waals surface area (Å²) in [4.78, 5) is 32.3. The molecule has 1 aromatic carbocycles. The summed E-state index contributed by atoms with van der Waals surface area (Å²) in [7, 11) is 0. The molecule has 3 aromatic rings. The zero-order chi connectivity index (χ0) is 25.2. The minimum atomic E-state index is -4.57. The van der Waals surface area contributed by atoms with Crippen LogP contribution in [-0.4, -0.2) is 33.4 Å². The van der Waals surface area contributed by atoms with Crippen molar-refractivity contribution in [2.75, 3.05) is 5.32 Å². The number of carbonyl (C=O) groups excluding carboxylic acids is 2. The van der Waals surface area contributed by atoms with E-state index >= 15 is 0 Å². The van der Waals surface area contributed by atoms with E-state index in [9.17, 15) is 22.8 Å². The minimum Gasteiger partial charge on any atom is -0.484 e. The first-order valence-electron chi connectivity index (χ1n) is 11.3. The van der Waals surface area contributed by atoms with Crippen LogP contribution in [0, 0.1) is 0 Å². The van der Waals surface area contributed by atoms with Gasteiger partial charge in [-0.3, -0.25) is 14.6 Å². The van der Waals surface area contributed by atoms with Crippen molar-refractivity contribution < 1.29 is 32.2 Å². The Hall–Kier alpha value is -4.15. The molecule has 3 aliphatic rings. The maximum Gasteiger partial charge on any atom is 0.416 e. The highest BCUT2D eigenvalue weighted by Gasteiger charge is 2.70. The highest BCUT2D eigenvalue weighted by atomic mass is 19.4. The van der Waals surface area contributed by atoms with Gasteiger partial charge in [-0.05, 0) is 49.7 Å². The zero-order valence-corrected chi connectivity index (χ0v) is 18.8. The number of hydrogen-bond donors (Lipinski definition) is 2. The average molecular weight is 496 g/mol. The molecule has 11 heteroatoms. The van der Waals surface area contributed by atoms with Crippen molar-refractivity contribution in [3.8, 4) is 17.2 Å². The molecule has 1 unspecified atom stereocenters. The molecule has 1 saturated carbocycles. The molecular formula is C25H19F3N4O4. The van der Waals surface area contributed by atoms with Gasteiger partial charge in [0, 0.05) is 29.9 Å². The number of amides is 2. The quantitative estimate of drug-likeness (QED) is 0.561. The molecule has 1 fully saturated rings. The van der Waals surface area contributed by atoms with Gasteiger partial charge in [0.05, 0.1) is 17.5 Å². The molecule has 36 heavy (non-hydrogen) atoms. The van der Waals surface area contributed by atoms with Gasteiger partial charge in [-0.25, -0.2) is 4.98 Å². The molecule has 3 atom stereocenters. The van der Waals surface area contributed by atoms with Gasteiger partial charge in [0.2, 0.25) is 5.91 Å². The smallest absolute Gasteiger partial charge is 0.416 e. The molecule has 2 aliphatic heterocycles. The van der Waals surface area contributed by atoms with Crippen LogP contribution < -0.4 is 20.1 Å². The van der Waals surface area contributed by atoms with Gasteiger partial charge in [-0.15, -0.1) is 0 Å². The molecular weight excluding hydrogens is 477 g/mol. The largest absolute Gasteiger partial charge is 0.484 e. The fraction of sp³-hybridized carbons (Fsp3) is 0.280. The molecule has 2 amide bonds. The van der Waals surface area contributed by atoms with Gasteiger partial charge in [-0.2, -0.15) is 13.2 Å². The van der Waals surface area contributed by atoms with Crippen LogP contribution in [0.5, 0.6) is 17.2 Å². The number of nitrogens with zero attached hydrogens (tertiary/aromatic N) is 2. The minimum absolute atomic E-state index is 0.0942. The number of anilines is 1. The Morgan fingerprint density at radius 3 is 2.78 bits per heavy atom. The maximum atomic E-state index is 13.0. The van der Waals surface area contributed by atoms with Gasteiger partial charge < -0.3 is 20.1 Å². The van der Waals surface area contributed by atoms with E-state index in [0.717, 1.165) is 29.5 Å². The Balaban J connectivity index is 1.21. The van der Waals surface area contributed by atoms with E-state index in [0.29, 0.717) is 35.9 Å². The summed E-state index contributed by atoms with van der Waals surface area (Å²) in [6.07, 6.45) is -1.20. The summed E-state index contributed by atoms with van der Waals surface area (Å²) < 4.78 is 51.2. The lowest BCUT2D eigenvalue weighted by atomic mass is 10.1. The Morgan fingerprint density at radius 2 is 1.97 bits per heavy atom. The number of hydrogen-bond acceptors (Lipinski definition) is 6. The van der Waals surface area contributed by atoms with Crippen LogP contribution in [0.25, 0.3) is 0 Å². The topological polar surface area (TPSA) is 102 Å². The summed E-state index contributed by atoms with van der Waals surface area (Å²) in [6, 6.07) is 8.22. The number of rotatable bonds is 4. The van der Waals surface area contributed by atoms with Crippen molar-refractivity contribution in [3.63, 3.8) is 0 Å². The van der Waals surface area contributed by atoms with Gasteiger partial charge in [0.25, 0.3) is 5.91 Å². The first-order valence-corrected chi connectivity index (χ1v) is 11.3. The second-order valence-electron chi connectivity index (χ2n) is 9.13. The summed E-state index contributed by atoms with van der Waals surface area (Å²) in [5.41, 5.74) is -0.341. The molecule has 0 saturated heterocycles. The monoisotopic (exact) mass is 496 g/mol. The number of aromatic nitrogens is 2. The number of pyridine rings is 2. The third kappa shape index (κ3) is 3.62. The summed E-state index contributed by atoms with van der Waals surface area (Å²) >= 11 is 0. The van der Waals surface area contributed by atoms with Gasteiger partial charge >= 0.3 is 6.18 Å². The first-order chi connectivity index (χ1) is 17.1. The number of carbonyl (C=O) groups is 2. The van der Waals surface area contributed by atoms with E-state index in [-0.39, 0.29) is 17.5 Å². The van der Waals surface area contributed by atoms with E-state index in [4.69, 9.17) is 9.47 Å². The van der Waals surface area contributed by atoms with Crippen LogP contribution in [0.2, 0.25) is 0 Å². The number of benzene rings is 1. The van der Waals surface area contributed by atoms with Crippen LogP contribution >= 0.6 is 0 Å². The Labute approximate surface area is 202 Å². The van der Waals surface area contributed by atoms with Crippen molar-refractivity contribution in [2.24, 2.45) is 0 Å². The fourth-order valence-electron chi connectivity index (χ4n) is 4.92. The lowest BCUT2D eigenvalue weighted by Gasteiger charge is -2.19. The highest BCUT2D eigenvalue weighted by Crippen LogP contribution is 2.62. The van der Waals surface area contributed by atoms with Crippen molar-refractivity contribution in [1.82, 2.24) is 15.3 Å². The number of fused-ring (bicyclic) bond motifs is 4. The molecule has 0 radical (unpaired) electrons. The molecule has 4 heterocycles. The predicted molar refractivity (Wildman–Crippen MR) is 120 cm³/mol. The van der Waals surface area contributed by atoms with E-state index in [1.165, 1.54) is 0 Å². The standard InChI is InChI=1S/C25H19F3N4O4/c1-24-20(21(24)32-23(34)16-10-12(6-8-29-16)25(26,27)28)15-11-13(2-4-18(15)36-24)35-17-7-9-30-22-14(17)3-5-19(33)31-22/h2,4,6-11,20-21H,3,5H2,1H3,(H,32,34)(H,30,31,33)/t20-,21-,24?/m0/s1. The normalized spacial score (nSPS) is 23.5. The van der Waals surface area contributed by atoms with Crippen molar-refractivity contribution in [3.05, 3.63) is 71.2 Å². The predicted octanol–water partition coefficient (Wildman–Crippen LogP) is 4.22. The van der Waals surface area contributed by atoms with E-state index < -0.39 is 29.3 Å². The lowest BCUT2D eigenvalue weighted by Crippen LogP contribution is -2.34. The molecule has 1 aliphatic carbocycles. The lowest BCUT2D eigenvalue weighted by molar-refractivity contribution is -0.137. The molecule has 0 bridgehead atoms. The van der Waals surface area contributed by atoms with Crippen molar-refractivity contribution >= 4 is 17.6 Å². The fourth-order valence-corrected chi connectivity index (χ4v) is 4.92. The van der Waals surface area contributed by atoms with Gasteiger partial charge in [0.15, 0.2) is 0 Å². The molecule has 0 spiro atoms. The number of alkyl halides is 3. The Morgan fingerprint density at radius 1 is 1.17 bits per heavy atom. The summed E-state index contributed by atoms with van der Waals surface area (Å²) in [5.74, 6) is 1.27. The van der Waals surface area contributed by atoms with Crippen LogP contribution in [0.4, 0.5) is 19.0 Å². The molecule has 8 nitrogen and oxygen atoms in total. The molecule has 184 valence electrons. The Kier molecular flexibility index (Phi) is 4.76. The number of ether oxygens (including phenoxy) is 2. The highest BCUT2D eigenvalue weighted by molar-refractivity contribution is 5.94. The van der Waals surface area contributed by atoms with Crippen LogP contribution in [0.15, 0.2) is 48.8 Å². The molecule has 2 aromatic heterocycles. The van der Waals surface area contributed by atoms with E-state index in [1.807, 2.05) is 13.0 Å². The number of halogens is 3. The van der Waals surface area contributed by atoms with Gasteiger partial charge in [0.1, 0.15) is 34.4 Å². The SMILES string of the molecule is CC12Oc3ccc(Oc4ccnc5c4CCC(=O)N5)cc3[C@H]1[C@@H]2NC(=O)c1cc(C(F)(F)F)ccn1. The number of nitrogens with one attached hydrogen (secondary N) is 2. The second-order valence-corrected chi connectivity index (χ2v) is 9.13. The Bertz CT molecular complexity index is 1430. The first kappa shape index (κ1) is 22.3. The van der Waals surface area contributed by atoms with Crippen LogP contribution in [0.1, 0.15) is 46.4 Å². The van der Waals surface area contributed by atoms with E-state index in [1.54, 1.807) is 24.4 Å². The summed E-state index contributed by atoms with van der Waals surface area (Å²) in [6.45, 7) is 1.84. The van der Waals surface area contributed by atoms with Crippen LogP contribution in [-0.2, 0) is 17.4 Å². The summed E-state index contributed by atoms with van der Waals surface area (Å²) in [5, 5.41) is 5.50. The average Bonchev–Trinajstić information content (AvgIpc) is 3.27. The second kappa shape index (κ2) is 7.67. The van der Waals surface area contributed by atoms with Gasteiger partial charge in [-0.1, -0.05) is 0 Å². The van der Waals surface area contributed by atoms with Crippen molar-refractivity contribution in [1.29, 1.82) is 0 Å². The molecule has 6 rings (SSSR count). The van der Waals surface area contributed by atoms with Crippen molar-refractivity contribution in [2.45, 2.75) is 43.5 Å². The third-order valence-electron chi connectivity index (χ3n) is 6.81. The third-order valence-corrected chi connectivity index (χ3v) is 6.81. The molecule has 2 N–H and O–H groups in total. The van der Waals surface area contributed by atoms with Crippen LogP contribution in [0.3, 0.4) is 0 Å². The van der Waals surface area contributed by atoms with E-state index in [2.05, 4.69) is 20.6 Å². The zero-order valence-electron chi connectivity index (χ0n) is 18.8.